The van der Waals surface area contributed by atoms with Crippen LogP contribution >= 0.6 is 0 Å². The molecule has 0 heterocycles. The molecule has 0 amide bonds. The van der Waals surface area contributed by atoms with Crippen LogP contribution in [-0.2, 0) is 0 Å². The number of nitro groups is 1. The van der Waals surface area contributed by atoms with Crippen molar-refractivity contribution in [3.63, 3.8) is 0 Å². The summed E-state index contributed by atoms with van der Waals surface area (Å²) in [6.07, 6.45) is 4.94. The molecule has 0 radical (unpaired) electrons. The normalized spacial score (nSPS) is 12.3. The van der Waals surface area contributed by atoms with Crippen LogP contribution in [0.2, 0.25) is 0 Å². The topological polar surface area (TPSA) is 81.2 Å². The number of nitrogens with two attached hydrogens (primary N) is 1. The highest BCUT2D eigenvalue weighted by Crippen LogP contribution is 2.33. The van der Waals surface area contributed by atoms with Crippen LogP contribution in [-0.4, -0.2) is 11.5 Å². The molecule has 3 N–H and O–H groups in total. The minimum atomic E-state index is -0.489. The SMILES string of the molecule is CC.CC/C=C\C(=C(\F)CC)C(C)(C)CNc1ccc([N+](=O)[O-])cc1N. The Hall–Kier alpha value is -2.37. The predicted molar refractivity (Wildman–Crippen MR) is 109 cm³/mol. The minimum absolute atomic E-state index is 0.0548. The van der Waals surface area contributed by atoms with E-state index in [9.17, 15) is 14.5 Å². The minimum Gasteiger partial charge on any atom is -0.397 e. The molecule has 0 aliphatic carbocycles. The van der Waals surface area contributed by atoms with Crippen molar-refractivity contribution in [2.24, 2.45) is 5.41 Å². The van der Waals surface area contributed by atoms with Crippen molar-refractivity contribution >= 4 is 17.1 Å². The molecule has 0 bridgehead atoms. The van der Waals surface area contributed by atoms with E-state index in [1.807, 2.05) is 46.8 Å². The number of non-ortho nitro benzene ring substituents is 1. The Morgan fingerprint density at radius 3 is 2.42 bits per heavy atom. The fourth-order valence-corrected chi connectivity index (χ4v) is 2.35. The van der Waals surface area contributed by atoms with E-state index < -0.39 is 10.3 Å². The fraction of sp³-hybridized carbons (Fsp3) is 0.500. The standard InChI is InChI=1S/C18H26FN3O2.C2H6/c1-5-7-8-14(15(19)6-2)18(3,4)12-21-17-10-9-13(22(23)24)11-16(17)20;1-2/h7-11,21H,5-6,12,20H2,1-4H3;1-2H3/b8-7-,15-14-;. The Labute approximate surface area is 156 Å². The molecule has 6 heteroatoms. The van der Waals surface area contributed by atoms with Gasteiger partial charge in [-0.15, -0.1) is 0 Å². The van der Waals surface area contributed by atoms with Crippen LogP contribution in [0.4, 0.5) is 21.5 Å². The maximum Gasteiger partial charge on any atom is 0.271 e. The summed E-state index contributed by atoms with van der Waals surface area (Å²) in [5.41, 5.74) is 6.90. The first kappa shape index (κ1) is 23.6. The molecule has 0 aliphatic rings. The van der Waals surface area contributed by atoms with Crippen LogP contribution in [0.15, 0.2) is 41.8 Å². The van der Waals surface area contributed by atoms with Gasteiger partial charge < -0.3 is 11.1 Å². The van der Waals surface area contributed by atoms with Gasteiger partial charge in [-0.2, -0.15) is 0 Å². The first-order valence-corrected chi connectivity index (χ1v) is 9.06. The highest BCUT2D eigenvalue weighted by atomic mass is 19.1. The Morgan fingerprint density at radius 1 is 1.35 bits per heavy atom. The Kier molecular flexibility index (Phi) is 10.3. The van der Waals surface area contributed by atoms with Gasteiger partial charge in [-0.3, -0.25) is 10.1 Å². The molecular weight excluding hydrogens is 333 g/mol. The smallest absolute Gasteiger partial charge is 0.271 e. The molecule has 0 spiro atoms. The molecule has 1 aromatic carbocycles. The molecule has 0 unspecified atom stereocenters. The number of nitro benzene ring substituents is 1. The molecule has 0 fully saturated rings. The highest BCUT2D eigenvalue weighted by molar-refractivity contribution is 5.69. The first-order valence-electron chi connectivity index (χ1n) is 9.06. The maximum absolute atomic E-state index is 14.3. The van der Waals surface area contributed by atoms with Gasteiger partial charge >= 0.3 is 0 Å². The molecule has 0 saturated carbocycles. The third-order valence-electron chi connectivity index (χ3n) is 3.82. The van der Waals surface area contributed by atoms with E-state index >= 15 is 0 Å². The summed E-state index contributed by atoms with van der Waals surface area (Å²) in [7, 11) is 0. The Morgan fingerprint density at radius 2 is 1.96 bits per heavy atom. The van der Waals surface area contributed by atoms with Gasteiger partial charge in [0.1, 0.15) is 5.83 Å². The molecule has 1 aromatic rings. The second kappa shape index (κ2) is 11.3. The molecule has 146 valence electrons. The number of benzene rings is 1. The van der Waals surface area contributed by atoms with E-state index in [4.69, 9.17) is 5.73 Å². The number of allylic oxidation sites excluding steroid dienone is 3. The van der Waals surface area contributed by atoms with Crippen LogP contribution in [0.25, 0.3) is 0 Å². The molecule has 0 aliphatic heterocycles. The summed E-state index contributed by atoms with van der Waals surface area (Å²) in [5.74, 6) is -0.136. The lowest BCUT2D eigenvalue weighted by Crippen LogP contribution is -2.26. The zero-order valence-electron chi connectivity index (χ0n) is 16.7. The number of nitrogens with one attached hydrogen (secondary N) is 1. The summed E-state index contributed by atoms with van der Waals surface area (Å²) in [4.78, 5) is 10.3. The number of hydrogen-bond acceptors (Lipinski definition) is 4. The van der Waals surface area contributed by atoms with Crippen molar-refractivity contribution in [3.8, 4) is 0 Å². The maximum atomic E-state index is 14.3. The average Bonchev–Trinajstić information content (AvgIpc) is 2.62. The third-order valence-corrected chi connectivity index (χ3v) is 3.82. The van der Waals surface area contributed by atoms with E-state index in [1.165, 1.54) is 12.1 Å². The Bertz CT molecular complexity index is 652. The van der Waals surface area contributed by atoms with Crippen molar-refractivity contribution in [2.45, 2.75) is 54.4 Å². The monoisotopic (exact) mass is 365 g/mol. The predicted octanol–water partition coefficient (Wildman–Crippen LogP) is 6.24. The van der Waals surface area contributed by atoms with E-state index in [-0.39, 0.29) is 11.5 Å². The zero-order chi connectivity index (χ0) is 20.3. The van der Waals surface area contributed by atoms with E-state index in [2.05, 4.69) is 5.32 Å². The van der Waals surface area contributed by atoms with Crippen molar-refractivity contribution in [1.29, 1.82) is 0 Å². The van der Waals surface area contributed by atoms with E-state index in [1.54, 1.807) is 13.0 Å². The van der Waals surface area contributed by atoms with Crippen molar-refractivity contribution in [2.75, 3.05) is 17.6 Å². The average molecular weight is 365 g/mol. The second-order valence-electron chi connectivity index (χ2n) is 6.25. The van der Waals surface area contributed by atoms with E-state index in [0.29, 0.717) is 29.9 Å². The molecule has 0 saturated heterocycles. The molecule has 1 rings (SSSR count). The highest BCUT2D eigenvalue weighted by Gasteiger charge is 2.25. The van der Waals surface area contributed by atoms with Crippen LogP contribution < -0.4 is 11.1 Å². The molecule has 5 nitrogen and oxygen atoms in total. The van der Waals surface area contributed by atoms with Crippen LogP contribution in [0.1, 0.15) is 54.4 Å². The summed E-state index contributed by atoms with van der Waals surface area (Å²) in [5, 5.41) is 13.9. The van der Waals surface area contributed by atoms with Gasteiger partial charge in [0.05, 0.1) is 16.3 Å². The molecule has 26 heavy (non-hydrogen) atoms. The zero-order valence-corrected chi connectivity index (χ0v) is 16.7. The van der Waals surface area contributed by atoms with Gasteiger partial charge in [0.2, 0.25) is 0 Å². The third kappa shape index (κ3) is 6.86. The number of anilines is 2. The van der Waals surface area contributed by atoms with Gasteiger partial charge in [-0.25, -0.2) is 4.39 Å². The van der Waals surface area contributed by atoms with Gasteiger partial charge in [-0.1, -0.05) is 53.7 Å². The van der Waals surface area contributed by atoms with Crippen molar-refractivity contribution in [3.05, 3.63) is 51.9 Å². The molecule has 0 aromatic heterocycles. The lowest BCUT2D eigenvalue weighted by molar-refractivity contribution is -0.384. The second-order valence-corrected chi connectivity index (χ2v) is 6.25. The first-order chi connectivity index (χ1) is 12.2. The number of rotatable bonds is 8. The van der Waals surface area contributed by atoms with E-state index in [0.717, 1.165) is 6.42 Å². The number of halogens is 1. The number of nitrogen functional groups attached to an aromatic ring is 1. The fourth-order valence-electron chi connectivity index (χ4n) is 2.35. The van der Waals surface area contributed by atoms with Gasteiger partial charge in [0.25, 0.3) is 5.69 Å². The Balaban J connectivity index is 0.00000301. The van der Waals surface area contributed by atoms with Crippen molar-refractivity contribution < 1.29 is 9.31 Å². The number of nitrogens with zero attached hydrogens (tertiary/aromatic N) is 1. The molecule has 0 atom stereocenters. The summed E-state index contributed by atoms with van der Waals surface area (Å²) in [6.45, 7) is 12.1. The lowest BCUT2D eigenvalue weighted by atomic mass is 9.82. The van der Waals surface area contributed by atoms with Gasteiger partial charge in [0.15, 0.2) is 0 Å². The van der Waals surface area contributed by atoms with Crippen LogP contribution in [0.5, 0.6) is 0 Å². The van der Waals surface area contributed by atoms with Crippen LogP contribution in [0.3, 0.4) is 0 Å². The summed E-state index contributed by atoms with van der Waals surface area (Å²) < 4.78 is 14.3. The number of hydrogen-bond donors (Lipinski definition) is 2. The quantitative estimate of drug-likeness (QED) is 0.247. The lowest BCUT2D eigenvalue weighted by Gasteiger charge is -2.28. The largest absolute Gasteiger partial charge is 0.397 e. The van der Waals surface area contributed by atoms with Crippen LogP contribution in [0, 0.1) is 15.5 Å². The molecular formula is C20H32FN3O2. The van der Waals surface area contributed by atoms with Gasteiger partial charge in [-0.05, 0) is 24.5 Å². The van der Waals surface area contributed by atoms with Crippen molar-refractivity contribution in [1.82, 2.24) is 0 Å². The van der Waals surface area contributed by atoms with Gasteiger partial charge in [0, 0.05) is 24.1 Å². The summed E-state index contributed by atoms with van der Waals surface area (Å²) >= 11 is 0. The summed E-state index contributed by atoms with van der Waals surface area (Å²) in [6, 6.07) is 4.28.